The molecule has 10 nitrogen and oxygen atoms in total. The summed E-state index contributed by atoms with van der Waals surface area (Å²) in [6.07, 6.45) is 0.676. The van der Waals surface area contributed by atoms with Crippen molar-refractivity contribution in [3.63, 3.8) is 0 Å². The van der Waals surface area contributed by atoms with Gasteiger partial charge >= 0.3 is 5.69 Å². The molecule has 1 aromatic rings. The summed E-state index contributed by atoms with van der Waals surface area (Å²) in [6, 6.07) is 0. The second-order valence-corrected chi connectivity index (χ2v) is 4.12. The summed E-state index contributed by atoms with van der Waals surface area (Å²) in [5.74, 6) is 5.49. The maximum Gasteiger partial charge on any atom is 0.332 e. The minimum Gasteiger partial charge on any atom is -0.382 e. The van der Waals surface area contributed by atoms with Crippen LogP contribution in [-0.2, 0) is 9.47 Å². The first-order chi connectivity index (χ1) is 10.1. The number of nitrogens with two attached hydrogens (primary N) is 1. The molecule has 0 amide bonds. The van der Waals surface area contributed by atoms with Crippen molar-refractivity contribution in [2.75, 3.05) is 44.2 Å². The molecule has 0 spiro atoms. The molecule has 0 saturated heterocycles. The largest absolute Gasteiger partial charge is 0.382 e. The van der Waals surface area contributed by atoms with Gasteiger partial charge in [0.1, 0.15) is 5.69 Å². The van der Waals surface area contributed by atoms with Crippen molar-refractivity contribution < 1.29 is 14.4 Å². The van der Waals surface area contributed by atoms with Gasteiger partial charge in [0.15, 0.2) is 0 Å². The summed E-state index contributed by atoms with van der Waals surface area (Å²) in [5.41, 5.74) is 2.36. The van der Waals surface area contributed by atoms with Gasteiger partial charge < -0.3 is 14.8 Å². The zero-order chi connectivity index (χ0) is 15.7. The van der Waals surface area contributed by atoms with E-state index >= 15 is 0 Å². The van der Waals surface area contributed by atoms with Crippen molar-refractivity contribution in [1.29, 1.82) is 0 Å². The predicted molar refractivity (Wildman–Crippen MR) is 77.0 cm³/mol. The highest BCUT2D eigenvalue weighted by atomic mass is 16.6. The summed E-state index contributed by atoms with van der Waals surface area (Å²) in [7, 11) is 1.60. The van der Waals surface area contributed by atoms with Gasteiger partial charge in [-0.3, -0.25) is 15.5 Å². The molecule has 0 saturated carbocycles. The lowest BCUT2D eigenvalue weighted by molar-refractivity contribution is -0.385. The molecule has 10 heteroatoms. The van der Waals surface area contributed by atoms with Crippen LogP contribution in [0.25, 0.3) is 0 Å². The molecule has 1 aromatic heterocycles. The Bertz CT molecular complexity index is 470. The van der Waals surface area contributed by atoms with Gasteiger partial charge in [0.05, 0.1) is 18.1 Å². The number of rotatable bonds is 10. The Morgan fingerprint density at radius 3 is 2.71 bits per heavy atom. The SMILES string of the molecule is COCCOCCCNc1nc(NN)nc(C)c1[N+](=O)[O-]. The van der Waals surface area contributed by atoms with E-state index in [0.717, 1.165) is 0 Å². The van der Waals surface area contributed by atoms with E-state index in [1.54, 1.807) is 7.11 Å². The van der Waals surface area contributed by atoms with E-state index in [1.807, 2.05) is 0 Å². The fraction of sp³-hybridized carbons (Fsp3) is 0.636. The number of nitrogens with one attached hydrogen (secondary N) is 2. The van der Waals surface area contributed by atoms with Crippen LogP contribution in [-0.4, -0.2) is 48.4 Å². The molecule has 1 rings (SSSR count). The molecule has 4 N–H and O–H groups in total. The number of anilines is 2. The first-order valence-electron chi connectivity index (χ1n) is 6.40. The van der Waals surface area contributed by atoms with E-state index in [9.17, 15) is 10.1 Å². The number of nitrogens with zero attached hydrogens (tertiary/aromatic N) is 3. The van der Waals surface area contributed by atoms with Crippen LogP contribution in [0.2, 0.25) is 0 Å². The van der Waals surface area contributed by atoms with Gasteiger partial charge in [-0.05, 0) is 13.3 Å². The van der Waals surface area contributed by atoms with Gasteiger partial charge in [0.2, 0.25) is 11.8 Å². The number of aryl methyl sites for hydroxylation is 1. The van der Waals surface area contributed by atoms with Crippen LogP contribution >= 0.6 is 0 Å². The lowest BCUT2D eigenvalue weighted by Gasteiger charge is -2.09. The van der Waals surface area contributed by atoms with Crippen molar-refractivity contribution in [1.82, 2.24) is 9.97 Å². The van der Waals surface area contributed by atoms with Gasteiger partial charge in [-0.25, -0.2) is 10.8 Å². The standard InChI is InChI=1S/C11H20N6O4/c1-8-9(17(18)19)10(15-11(14-8)16-12)13-4-3-5-21-7-6-20-2/h3-7,12H2,1-2H3,(H2,13,14,15,16). The molecule has 0 fully saturated rings. The molecule has 0 radical (unpaired) electrons. The zero-order valence-corrected chi connectivity index (χ0v) is 12.1. The van der Waals surface area contributed by atoms with Gasteiger partial charge in [-0.2, -0.15) is 4.98 Å². The van der Waals surface area contributed by atoms with Crippen molar-refractivity contribution in [3.05, 3.63) is 15.8 Å². The quantitative estimate of drug-likeness (QED) is 0.243. The van der Waals surface area contributed by atoms with E-state index in [2.05, 4.69) is 20.7 Å². The van der Waals surface area contributed by atoms with Crippen molar-refractivity contribution in [3.8, 4) is 0 Å². The number of nitro groups is 1. The molecule has 118 valence electrons. The van der Waals surface area contributed by atoms with Crippen LogP contribution < -0.4 is 16.6 Å². The van der Waals surface area contributed by atoms with Crippen LogP contribution in [0.5, 0.6) is 0 Å². The lowest BCUT2D eigenvalue weighted by Crippen LogP contribution is -2.15. The van der Waals surface area contributed by atoms with Crippen LogP contribution in [0.15, 0.2) is 0 Å². The second kappa shape index (κ2) is 9.00. The van der Waals surface area contributed by atoms with Crippen LogP contribution in [0, 0.1) is 17.0 Å². The summed E-state index contributed by atoms with van der Waals surface area (Å²) < 4.78 is 10.1. The third-order valence-electron chi connectivity index (χ3n) is 2.56. The average molecular weight is 300 g/mol. The van der Waals surface area contributed by atoms with E-state index in [-0.39, 0.29) is 23.1 Å². The maximum absolute atomic E-state index is 11.0. The molecule has 21 heavy (non-hydrogen) atoms. The molecular weight excluding hydrogens is 280 g/mol. The van der Waals surface area contributed by atoms with Gasteiger partial charge in [-0.1, -0.05) is 0 Å². The lowest BCUT2D eigenvalue weighted by atomic mass is 10.3. The molecular formula is C11H20N6O4. The van der Waals surface area contributed by atoms with E-state index in [0.29, 0.717) is 32.8 Å². The highest BCUT2D eigenvalue weighted by Crippen LogP contribution is 2.26. The van der Waals surface area contributed by atoms with Crippen LogP contribution in [0.1, 0.15) is 12.1 Å². The smallest absolute Gasteiger partial charge is 0.332 e. The molecule has 0 atom stereocenters. The number of hydrogen-bond donors (Lipinski definition) is 3. The number of hydrogen-bond acceptors (Lipinski definition) is 9. The Morgan fingerprint density at radius 2 is 2.10 bits per heavy atom. The monoisotopic (exact) mass is 300 g/mol. The predicted octanol–water partition coefficient (Wildman–Crippen LogP) is 0.444. The number of aromatic nitrogens is 2. The number of ether oxygens (including phenoxy) is 2. The third kappa shape index (κ3) is 5.45. The second-order valence-electron chi connectivity index (χ2n) is 4.12. The summed E-state index contributed by atoms with van der Waals surface area (Å²) >= 11 is 0. The van der Waals surface area contributed by atoms with Crippen molar-refractivity contribution in [2.45, 2.75) is 13.3 Å². The summed E-state index contributed by atoms with van der Waals surface area (Å²) in [6.45, 7) is 3.59. The molecule has 0 aliphatic heterocycles. The first kappa shape index (κ1) is 17.0. The Morgan fingerprint density at radius 1 is 1.33 bits per heavy atom. The van der Waals surface area contributed by atoms with Crippen molar-refractivity contribution in [2.24, 2.45) is 5.84 Å². The highest BCUT2D eigenvalue weighted by Gasteiger charge is 2.21. The molecule has 1 heterocycles. The van der Waals surface area contributed by atoms with E-state index in [1.165, 1.54) is 6.92 Å². The first-order valence-corrected chi connectivity index (χ1v) is 6.40. The average Bonchev–Trinajstić information content (AvgIpc) is 2.45. The Hall–Kier alpha value is -2.04. The van der Waals surface area contributed by atoms with Crippen molar-refractivity contribution >= 4 is 17.5 Å². The molecule has 0 aliphatic carbocycles. The summed E-state index contributed by atoms with van der Waals surface area (Å²) in [5, 5.41) is 13.9. The fourth-order valence-electron chi connectivity index (χ4n) is 1.60. The van der Waals surface area contributed by atoms with Gasteiger partial charge in [0.25, 0.3) is 0 Å². The Kier molecular flexibility index (Phi) is 7.29. The minimum atomic E-state index is -0.521. The zero-order valence-electron chi connectivity index (χ0n) is 12.1. The molecule has 0 aromatic carbocycles. The number of methoxy groups -OCH3 is 1. The highest BCUT2D eigenvalue weighted by molar-refractivity contribution is 5.60. The van der Waals surface area contributed by atoms with Crippen LogP contribution in [0.4, 0.5) is 17.5 Å². The maximum atomic E-state index is 11.0. The Balaban J connectivity index is 2.56. The molecule has 0 bridgehead atoms. The topological polar surface area (TPSA) is 137 Å². The fourth-order valence-corrected chi connectivity index (χ4v) is 1.60. The van der Waals surface area contributed by atoms with Crippen LogP contribution in [0.3, 0.4) is 0 Å². The number of nitrogen functional groups attached to an aromatic ring is 1. The van der Waals surface area contributed by atoms with Gasteiger partial charge in [-0.15, -0.1) is 0 Å². The normalized spacial score (nSPS) is 10.4. The molecule has 0 aliphatic rings. The summed E-state index contributed by atoms with van der Waals surface area (Å²) in [4.78, 5) is 18.4. The third-order valence-corrected chi connectivity index (χ3v) is 2.56. The van der Waals surface area contributed by atoms with E-state index < -0.39 is 4.92 Å². The van der Waals surface area contributed by atoms with Gasteiger partial charge in [0, 0.05) is 20.3 Å². The van der Waals surface area contributed by atoms with E-state index in [4.69, 9.17) is 15.3 Å². The minimum absolute atomic E-state index is 0.122. The number of hydrazine groups is 1. The Labute approximate surface area is 122 Å². The molecule has 0 unspecified atom stereocenters.